The van der Waals surface area contributed by atoms with E-state index < -0.39 is 12.0 Å². The van der Waals surface area contributed by atoms with Crippen LogP contribution >= 0.6 is 0 Å². The predicted octanol–water partition coefficient (Wildman–Crippen LogP) is -0.180. The standard InChI is InChI=1S/C9H18N2O3/c1-5(2)7(10-4)8(12)11-6(3)9(13)14/h5-7,10H,1-4H3,(H,11,12)(H,13,14). The number of carboxylic acids is 1. The molecular formula is C9H18N2O3. The number of hydrogen-bond donors (Lipinski definition) is 3. The molecule has 82 valence electrons. The van der Waals surface area contributed by atoms with Crippen molar-refractivity contribution in [1.82, 2.24) is 10.6 Å². The monoisotopic (exact) mass is 202 g/mol. The van der Waals surface area contributed by atoms with Crippen LogP contribution in [-0.2, 0) is 9.59 Å². The number of aliphatic carboxylic acids is 1. The minimum atomic E-state index is -1.03. The van der Waals surface area contributed by atoms with E-state index in [4.69, 9.17) is 5.11 Å². The summed E-state index contributed by atoms with van der Waals surface area (Å²) in [5.41, 5.74) is 0. The lowest BCUT2D eigenvalue weighted by Crippen LogP contribution is -2.50. The molecule has 0 aromatic carbocycles. The molecular weight excluding hydrogens is 184 g/mol. The third kappa shape index (κ3) is 3.74. The molecule has 2 atom stereocenters. The van der Waals surface area contributed by atoms with Crippen LogP contribution in [0.3, 0.4) is 0 Å². The van der Waals surface area contributed by atoms with Crippen LogP contribution in [0.5, 0.6) is 0 Å². The van der Waals surface area contributed by atoms with E-state index in [0.717, 1.165) is 0 Å². The summed E-state index contributed by atoms with van der Waals surface area (Å²) in [5, 5.41) is 13.8. The van der Waals surface area contributed by atoms with Gasteiger partial charge in [0.2, 0.25) is 5.91 Å². The van der Waals surface area contributed by atoms with E-state index in [1.165, 1.54) is 6.92 Å². The Kier molecular flexibility index (Phi) is 5.15. The van der Waals surface area contributed by atoms with Gasteiger partial charge >= 0.3 is 5.97 Å². The van der Waals surface area contributed by atoms with E-state index in [0.29, 0.717) is 0 Å². The maximum atomic E-state index is 11.5. The quantitative estimate of drug-likeness (QED) is 0.578. The van der Waals surface area contributed by atoms with Crippen molar-refractivity contribution < 1.29 is 14.7 Å². The zero-order chi connectivity index (χ0) is 11.3. The first-order valence-corrected chi connectivity index (χ1v) is 4.60. The molecule has 0 aromatic rings. The Morgan fingerprint density at radius 2 is 1.71 bits per heavy atom. The number of nitrogens with one attached hydrogen (secondary N) is 2. The second-order valence-electron chi connectivity index (χ2n) is 3.58. The molecule has 3 N–H and O–H groups in total. The Balaban J connectivity index is 4.24. The minimum Gasteiger partial charge on any atom is -0.480 e. The maximum absolute atomic E-state index is 11.5. The lowest BCUT2D eigenvalue weighted by atomic mass is 10.0. The van der Waals surface area contributed by atoms with Crippen molar-refractivity contribution in [2.24, 2.45) is 5.92 Å². The minimum absolute atomic E-state index is 0.126. The number of hydrogen-bond acceptors (Lipinski definition) is 3. The van der Waals surface area contributed by atoms with Gasteiger partial charge < -0.3 is 15.7 Å². The number of carbonyl (C=O) groups is 2. The highest BCUT2D eigenvalue weighted by Gasteiger charge is 2.23. The molecule has 5 heteroatoms. The van der Waals surface area contributed by atoms with Crippen LogP contribution in [0.4, 0.5) is 0 Å². The van der Waals surface area contributed by atoms with Gasteiger partial charge in [-0.15, -0.1) is 0 Å². The van der Waals surface area contributed by atoms with Gasteiger partial charge in [0.15, 0.2) is 0 Å². The van der Waals surface area contributed by atoms with Crippen LogP contribution in [0.2, 0.25) is 0 Å². The van der Waals surface area contributed by atoms with E-state index in [9.17, 15) is 9.59 Å². The van der Waals surface area contributed by atoms with Gasteiger partial charge in [-0.2, -0.15) is 0 Å². The smallest absolute Gasteiger partial charge is 0.325 e. The van der Waals surface area contributed by atoms with Crippen LogP contribution in [0.25, 0.3) is 0 Å². The van der Waals surface area contributed by atoms with Gasteiger partial charge in [-0.25, -0.2) is 0 Å². The summed E-state index contributed by atoms with van der Waals surface area (Å²) in [7, 11) is 1.68. The summed E-state index contributed by atoms with van der Waals surface area (Å²) in [4.78, 5) is 22.0. The Bertz CT molecular complexity index is 216. The van der Waals surface area contributed by atoms with Crippen molar-refractivity contribution in [3.63, 3.8) is 0 Å². The normalized spacial score (nSPS) is 14.9. The van der Waals surface area contributed by atoms with Crippen molar-refractivity contribution in [2.45, 2.75) is 32.9 Å². The number of carbonyl (C=O) groups excluding carboxylic acids is 1. The molecule has 0 heterocycles. The van der Waals surface area contributed by atoms with Gasteiger partial charge in [0.25, 0.3) is 0 Å². The Labute approximate surface area is 83.9 Å². The zero-order valence-corrected chi connectivity index (χ0v) is 9.00. The molecule has 5 nitrogen and oxygen atoms in total. The first-order chi connectivity index (χ1) is 6.40. The molecule has 0 rings (SSSR count). The molecule has 0 aromatic heterocycles. The summed E-state index contributed by atoms with van der Waals surface area (Å²) >= 11 is 0. The van der Waals surface area contributed by atoms with Crippen molar-refractivity contribution in [2.75, 3.05) is 7.05 Å². The summed E-state index contributed by atoms with van der Waals surface area (Å²) in [6.07, 6.45) is 0. The van der Waals surface area contributed by atoms with Gasteiger partial charge in [0, 0.05) is 0 Å². The lowest BCUT2D eigenvalue weighted by molar-refractivity contribution is -0.141. The van der Waals surface area contributed by atoms with Gasteiger partial charge in [-0.1, -0.05) is 13.8 Å². The van der Waals surface area contributed by atoms with Gasteiger partial charge in [0.1, 0.15) is 6.04 Å². The van der Waals surface area contributed by atoms with Crippen molar-refractivity contribution in [1.29, 1.82) is 0 Å². The number of amides is 1. The lowest BCUT2D eigenvalue weighted by Gasteiger charge is -2.20. The summed E-state index contributed by atoms with van der Waals surface area (Å²) < 4.78 is 0. The van der Waals surface area contributed by atoms with Gasteiger partial charge in [-0.05, 0) is 19.9 Å². The summed E-state index contributed by atoms with van der Waals surface area (Å²) in [6, 6.07) is -1.20. The Morgan fingerprint density at radius 1 is 1.21 bits per heavy atom. The highest BCUT2D eigenvalue weighted by Crippen LogP contribution is 2.01. The topological polar surface area (TPSA) is 78.4 Å². The summed E-state index contributed by atoms with van der Waals surface area (Å²) in [5.74, 6) is -1.18. The third-order valence-electron chi connectivity index (χ3n) is 1.99. The largest absolute Gasteiger partial charge is 0.480 e. The molecule has 2 unspecified atom stereocenters. The fraction of sp³-hybridized carbons (Fsp3) is 0.778. The van der Waals surface area contributed by atoms with E-state index in [2.05, 4.69) is 10.6 Å². The number of likely N-dealkylation sites (N-methyl/N-ethyl adjacent to an activating group) is 1. The average molecular weight is 202 g/mol. The van der Waals surface area contributed by atoms with Crippen LogP contribution < -0.4 is 10.6 Å². The van der Waals surface area contributed by atoms with Crippen molar-refractivity contribution in [3.05, 3.63) is 0 Å². The molecule has 0 radical (unpaired) electrons. The van der Waals surface area contributed by atoms with E-state index in [1.807, 2.05) is 13.8 Å². The molecule has 0 aliphatic carbocycles. The predicted molar refractivity (Wildman–Crippen MR) is 52.9 cm³/mol. The summed E-state index contributed by atoms with van der Waals surface area (Å²) in [6.45, 7) is 5.23. The molecule has 1 amide bonds. The van der Waals surface area contributed by atoms with Crippen LogP contribution in [0, 0.1) is 5.92 Å². The second kappa shape index (κ2) is 5.59. The first kappa shape index (κ1) is 12.9. The highest BCUT2D eigenvalue weighted by molar-refractivity contribution is 5.86. The molecule has 0 saturated carbocycles. The molecule has 0 saturated heterocycles. The molecule has 0 spiro atoms. The highest BCUT2D eigenvalue weighted by atomic mass is 16.4. The van der Waals surface area contributed by atoms with Crippen molar-refractivity contribution >= 4 is 11.9 Å². The van der Waals surface area contributed by atoms with Crippen LogP contribution in [-0.4, -0.2) is 36.1 Å². The fourth-order valence-corrected chi connectivity index (χ4v) is 1.13. The van der Waals surface area contributed by atoms with E-state index in [1.54, 1.807) is 7.05 Å². The first-order valence-electron chi connectivity index (χ1n) is 4.60. The van der Waals surface area contributed by atoms with E-state index >= 15 is 0 Å². The van der Waals surface area contributed by atoms with Crippen LogP contribution in [0.15, 0.2) is 0 Å². The number of carboxylic acid groups (broad SMARTS) is 1. The molecule has 0 fully saturated rings. The van der Waals surface area contributed by atoms with E-state index in [-0.39, 0.29) is 17.9 Å². The molecule has 0 bridgehead atoms. The maximum Gasteiger partial charge on any atom is 0.325 e. The Hall–Kier alpha value is -1.10. The third-order valence-corrected chi connectivity index (χ3v) is 1.99. The molecule has 0 aliphatic rings. The number of rotatable bonds is 5. The van der Waals surface area contributed by atoms with Crippen molar-refractivity contribution in [3.8, 4) is 0 Å². The van der Waals surface area contributed by atoms with Gasteiger partial charge in [0.05, 0.1) is 6.04 Å². The SMILES string of the molecule is CNC(C(=O)NC(C)C(=O)O)C(C)C. The fourth-order valence-electron chi connectivity index (χ4n) is 1.13. The zero-order valence-electron chi connectivity index (χ0n) is 9.00. The second-order valence-corrected chi connectivity index (χ2v) is 3.58. The average Bonchev–Trinajstić information content (AvgIpc) is 2.04. The Morgan fingerprint density at radius 3 is 2.00 bits per heavy atom. The molecule has 14 heavy (non-hydrogen) atoms. The van der Waals surface area contributed by atoms with Crippen LogP contribution in [0.1, 0.15) is 20.8 Å². The van der Waals surface area contributed by atoms with Gasteiger partial charge in [-0.3, -0.25) is 9.59 Å². The molecule has 0 aliphatic heterocycles.